The third-order valence-corrected chi connectivity index (χ3v) is 4.83. The van der Waals surface area contributed by atoms with E-state index in [-0.39, 0.29) is 0 Å². The minimum Gasteiger partial charge on any atom is -0.335 e. The van der Waals surface area contributed by atoms with Crippen LogP contribution in [0.3, 0.4) is 0 Å². The van der Waals surface area contributed by atoms with Gasteiger partial charge in [0, 0.05) is 23.7 Å². The Balaban J connectivity index is 1.59. The molecule has 0 unspecified atom stereocenters. The summed E-state index contributed by atoms with van der Waals surface area (Å²) >= 11 is 1.58. The number of fused-ring (bicyclic) bond motifs is 1. The first-order valence-electron chi connectivity index (χ1n) is 7.53. The van der Waals surface area contributed by atoms with Gasteiger partial charge in [0.05, 0.1) is 0 Å². The van der Waals surface area contributed by atoms with Crippen LogP contribution < -0.4 is 5.84 Å². The zero-order chi connectivity index (χ0) is 16.4. The average Bonchev–Trinajstić information content (AvgIpc) is 3.01. The number of hydrogen-bond donors (Lipinski definition) is 1. The minimum absolute atomic E-state index is 0.637. The molecule has 0 aliphatic rings. The predicted molar refractivity (Wildman–Crippen MR) is 96.9 cm³/mol. The van der Waals surface area contributed by atoms with Crippen molar-refractivity contribution in [1.82, 2.24) is 19.9 Å². The molecule has 4 aromatic rings. The van der Waals surface area contributed by atoms with Gasteiger partial charge in [-0.2, -0.15) is 0 Å². The van der Waals surface area contributed by atoms with Gasteiger partial charge < -0.3 is 5.84 Å². The van der Waals surface area contributed by atoms with E-state index in [0.29, 0.717) is 11.0 Å². The van der Waals surface area contributed by atoms with Crippen molar-refractivity contribution in [2.45, 2.75) is 10.9 Å². The fourth-order valence-corrected chi connectivity index (χ4v) is 3.49. The lowest BCUT2D eigenvalue weighted by atomic mass is 10.1. The minimum atomic E-state index is 0.637. The van der Waals surface area contributed by atoms with Crippen molar-refractivity contribution in [2.75, 3.05) is 5.84 Å². The van der Waals surface area contributed by atoms with Crippen LogP contribution in [-0.2, 0) is 5.75 Å². The Morgan fingerprint density at radius 2 is 1.71 bits per heavy atom. The third kappa shape index (κ3) is 2.72. The fourth-order valence-electron chi connectivity index (χ4n) is 2.63. The molecule has 2 N–H and O–H groups in total. The van der Waals surface area contributed by atoms with Crippen LogP contribution in [0.2, 0.25) is 0 Å². The van der Waals surface area contributed by atoms with Gasteiger partial charge in [-0.15, -0.1) is 10.2 Å². The number of rotatable bonds is 4. The Morgan fingerprint density at radius 3 is 2.58 bits per heavy atom. The van der Waals surface area contributed by atoms with E-state index in [9.17, 15) is 0 Å². The Labute approximate surface area is 143 Å². The molecule has 0 saturated heterocycles. The highest BCUT2D eigenvalue weighted by molar-refractivity contribution is 7.98. The van der Waals surface area contributed by atoms with Crippen molar-refractivity contribution in [3.05, 3.63) is 72.6 Å². The van der Waals surface area contributed by atoms with Crippen LogP contribution in [0.5, 0.6) is 0 Å². The van der Waals surface area contributed by atoms with Gasteiger partial charge in [0.1, 0.15) is 0 Å². The summed E-state index contributed by atoms with van der Waals surface area (Å²) in [5, 5.41) is 11.6. The molecule has 4 rings (SSSR count). The number of nitrogens with two attached hydrogens (primary N) is 1. The molecule has 0 radical (unpaired) electrons. The number of pyridine rings is 1. The van der Waals surface area contributed by atoms with Gasteiger partial charge in [-0.1, -0.05) is 54.2 Å². The number of benzene rings is 2. The molecule has 118 valence electrons. The summed E-state index contributed by atoms with van der Waals surface area (Å²) in [6, 6.07) is 18.4. The number of hydrogen-bond acceptors (Lipinski definition) is 5. The number of thioether (sulfide) groups is 1. The molecule has 0 atom stereocenters. The number of nitrogens with zero attached hydrogens (tertiary/aromatic N) is 4. The van der Waals surface area contributed by atoms with Crippen LogP contribution in [-0.4, -0.2) is 19.9 Å². The Hall–Kier alpha value is -2.86. The summed E-state index contributed by atoms with van der Waals surface area (Å²) in [5.41, 5.74) is 2.16. The normalized spacial score (nSPS) is 11.0. The lowest BCUT2D eigenvalue weighted by Crippen LogP contribution is -2.11. The maximum absolute atomic E-state index is 6.16. The Kier molecular flexibility index (Phi) is 3.88. The molecule has 0 bridgehead atoms. The molecule has 0 fully saturated rings. The number of aromatic nitrogens is 4. The van der Waals surface area contributed by atoms with Crippen LogP contribution in [0, 0.1) is 0 Å². The van der Waals surface area contributed by atoms with E-state index < -0.39 is 0 Å². The second-order valence-electron chi connectivity index (χ2n) is 5.34. The molecule has 0 aliphatic carbocycles. The topological polar surface area (TPSA) is 69.6 Å². The van der Waals surface area contributed by atoms with Crippen LogP contribution >= 0.6 is 11.8 Å². The van der Waals surface area contributed by atoms with Gasteiger partial charge in [-0.05, 0) is 28.5 Å². The maximum Gasteiger partial charge on any atom is 0.210 e. The smallest absolute Gasteiger partial charge is 0.210 e. The van der Waals surface area contributed by atoms with Crippen molar-refractivity contribution < 1.29 is 0 Å². The fraction of sp³-hybridized carbons (Fsp3) is 0.0556. The Bertz CT molecular complexity index is 976. The summed E-state index contributed by atoms with van der Waals surface area (Å²) in [4.78, 5) is 4.01. The molecule has 2 heterocycles. The molecule has 0 saturated carbocycles. The zero-order valence-electron chi connectivity index (χ0n) is 12.8. The van der Waals surface area contributed by atoms with E-state index in [1.807, 2.05) is 12.1 Å². The second-order valence-corrected chi connectivity index (χ2v) is 6.28. The molecule has 24 heavy (non-hydrogen) atoms. The zero-order valence-corrected chi connectivity index (χ0v) is 13.6. The van der Waals surface area contributed by atoms with Crippen molar-refractivity contribution in [2.24, 2.45) is 0 Å². The highest BCUT2D eigenvalue weighted by Crippen LogP contribution is 2.27. The highest BCUT2D eigenvalue weighted by Gasteiger charge is 2.12. The van der Waals surface area contributed by atoms with E-state index in [1.54, 1.807) is 24.2 Å². The lowest BCUT2D eigenvalue weighted by Gasteiger charge is -2.06. The summed E-state index contributed by atoms with van der Waals surface area (Å²) in [6.07, 6.45) is 3.43. The number of nitrogen functional groups attached to an aromatic ring is 1. The standard InChI is InChI=1S/C18H15N5S/c19-23-17(14-8-10-20-11-9-14)21-22-18(23)24-12-15-6-3-5-13-4-1-2-7-16(13)15/h1-11H,12,19H2. The first kappa shape index (κ1) is 14.7. The molecule has 5 nitrogen and oxygen atoms in total. The molecular formula is C18H15N5S. The molecule has 2 aromatic carbocycles. The van der Waals surface area contributed by atoms with Gasteiger partial charge in [0.15, 0.2) is 5.82 Å². The second kappa shape index (κ2) is 6.33. The van der Waals surface area contributed by atoms with E-state index in [4.69, 9.17) is 5.84 Å². The quantitative estimate of drug-likeness (QED) is 0.457. The molecule has 6 heteroatoms. The van der Waals surface area contributed by atoms with Crippen LogP contribution in [0.15, 0.2) is 72.1 Å². The van der Waals surface area contributed by atoms with E-state index in [1.165, 1.54) is 21.0 Å². The van der Waals surface area contributed by atoms with Crippen LogP contribution in [0.25, 0.3) is 22.2 Å². The molecule has 0 spiro atoms. The summed E-state index contributed by atoms with van der Waals surface area (Å²) in [6.45, 7) is 0. The van der Waals surface area contributed by atoms with E-state index in [2.05, 4.69) is 57.6 Å². The van der Waals surface area contributed by atoms with Gasteiger partial charge in [0.2, 0.25) is 5.16 Å². The van der Waals surface area contributed by atoms with Gasteiger partial charge in [-0.25, -0.2) is 4.68 Å². The first-order chi connectivity index (χ1) is 11.8. The molecular weight excluding hydrogens is 318 g/mol. The van der Waals surface area contributed by atoms with E-state index in [0.717, 1.165) is 11.3 Å². The monoisotopic (exact) mass is 333 g/mol. The van der Waals surface area contributed by atoms with Crippen LogP contribution in [0.4, 0.5) is 0 Å². The summed E-state index contributed by atoms with van der Waals surface area (Å²) in [5.74, 6) is 7.58. The maximum atomic E-state index is 6.16. The third-order valence-electron chi connectivity index (χ3n) is 3.84. The van der Waals surface area contributed by atoms with Crippen molar-refractivity contribution in [3.8, 4) is 11.4 Å². The molecule has 2 aromatic heterocycles. The first-order valence-corrected chi connectivity index (χ1v) is 8.52. The highest BCUT2D eigenvalue weighted by atomic mass is 32.2. The van der Waals surface area contributed by atoms with Gasteiger partial charge >= 0.3 is 0 Å². The van der Waals surface area contributed by atoms with E-state index >= 15 is 0 Å². The lowest BCUT2D eigenvalue weighted by molar-refractivity contribution is 0.849. The van der Waals surface area contributed by atoms with Gasteiger partial charge in [0.25, 0.3) is 0 Å². The van der Waals surface area contributed by atoms with Gasteiger partial charge in [-0.3, -0.25) is 4.98 Å². The van der Waals surface area contributed by atoms with Crippen molar-refractivity contribution in [3.63, 3.8) is 0 Å². The Morgan fingerprint density at radius 1 is 0.917 bits per heavy atom. The largest absolute Gasteiger partial charge is 0.335 e. The van der Waals surface area contributed by atoms with Crippen LogP contribution in [0.1, 0.15) is 5.56 Å². The van der Waals surface area contributed by atoms with Crippen molar-refractivity contribution >= 4 is 22.5 Å². The SMILES string of the molecule is Nn1c(SCc2cccc3ccccc23)nnc1-c1ccncc1. The van der Waals surface area contributed by atoms with Crippen molar-refractivity contribution in [1.29, 1.82) is 0 Å². The predicted octanol–water partition coefficient (Wildman–Crippen LogP) is 3.50. The summed E-state index contributed by atoms with van der Waals surface area (Å²) in [7, 11) is 0. The summed E-state index contributed by atoms with van der Waals surface area (Å²) < 4.78 is 1.53. The molecule has 0 aliphatic heterocycles. The molecule has 0 amide bonds. The average molecular weight is 333 g/mol.